The van der Waals surface area contributed by atoms with Gasteiger partial charge in [0.05, 0.1) is 19.1 Å². The maximum atomic E-state index is 12.7. The number of hydrogen-bond donors (Lipinski definition) is 0. The third kappa shape index (κ3) is 3.06. The van der Waals surface area contributed by atoms with Gasteiger partial charge in [0.1, 0.15) is 6.10 Å². The summed E-state index contributed by atoms with van der Waals surface area (Å²) in [5.41, 5.74) is 1.84. The summed E-state index contributed by atoms with van der Waals surface area (Å²) in [5.74, 6) is 0.566. The highest BCUT2D eigenvalue weighted by Crippen LogP contribution is 2.54. The molecule has 5 nitrogen and oxygen atoms in total. The third-order valence-electron chi connectivity index (χ3n) is 7.97. The number of fused-ring (bicyclic) bond motifs is 2. The van der Waals surface area contributed by atoms with Gasteiger partial charge in [-0.05, 0) is 30.6 Å². The minimum absolute atomic E-state index is 0.0133. The van der Waals surface area contributed by atoms with Crippen molar-refractivity contribution in [3.8, 4) is 0 Å². The van der Waals surface area contributed by atoms with Gasteiger partial charge in [0, 0.05) is 38.4 Å². The number of allylic oxidation sites excluding steroid dienone is 1. The van der Waals surface area contributed by atoms with E-state index < -0.39 is 0 Å². The van der Waals surface area contributed by atoms with Crippen molar-refractivity contribution in [2.24, 2.45) is 23.2 Å². The molecule has 0 aromatic carbocycles. The van der Waals surface area contributed by atoms with E-state index >= 15 is 0 Å². The van der Waals surface area contributed by atoms with Gasteiger partial charge in [0.15, 0.2) is 5.79 Å². The van der Waals surface area contributed by atoms with Crippen LogP contribution in [0.2, 0.25) is 0 Å². The molecule has 0 radical (unpaired) electrons. The maximum Gasteiger partial charge on any atom is 0.311 e. The van der Waals surface area contributed by atoms with Gasteiger partial charge in [-0.2, -0.15) is 0 Å². The lowest BCUT2D eigenvalue weighted by atomic mass is 9.59. The molecule has 0 aromatic rings. The van der Waals surface area contributed by atoms with Crippen molar-refractivity contribution in [2.75, 3.05) is 32.8 Å². The second-order valence-corrected chi connectivity index (χ2v) is 9.75. The first-order valence-electron chi connectivity index (χ1n) is 10.9. The Morgan fingerprint density at radius 1 is 1.19 bits per heavy atom. The Hall–Kier alpha value is -0.910. The second kappa shape index (κ2) is 6.57. The predicted molar refractivity (Wildman–Crippen MR) is 101 cm³/mol. The van der Waals surface area contributed by atoms with Crippen molar-refractivity contribution in [1.29, 1.82) is 0 Å². The van der Waals surface area contributed by atoms with Gasteiger partial charge < -0.3 is 19.1 Å². The molecule has 4 fully saturated rings. The lowest BCUT2D eigenvalue weighted by Gasteiger charge is -2.46. The molecule has 5 atom stereocenters. The summed E-state index contributed by atoms with van der Waals surface area (Å²) in [6.07, 6.45) is 9.18. The second-order valence-electron chi connectivity index (χ2n) is 9.75. The zero-order valence-corrected chi connectivity index (χ0v) is 16.7. The smallest absolute Gasteiger partial charge is 0.311 e. The molecule has 0 N–H and O–H groups in total. The minimum Gasteiger partial charge on any atom is -0.461 e. The monoisotopic (exact) mass is 375 g/mol. The highest BCUT2D eigenvalue weighted by Gasteiger charge is 2.52. The van der Waals surface area contributed by atoms with E-state index in [-0.39, 0.29) is 35.1 Å². The molecule has 0 unspecified atom stereocenters. The lowest BCUT2D eigenvalue weighted by Crippen LogP contribution is -2.47. The Morgan fingerprint density at radius 3 is 2.67 bits per heavy atom. The molecule has 0 amide bonds. The van der Waals surface area contributed by atoms with Crippen LogP contribution >= 0.6 is 0 Å². The predicted octanol–water partition coefficient (Wildman–Crippen LogP) is 3.14. The van der Waals surface area contributed by atoms with Gasteiger partial charge in [-0.25, -0.2) is 0 Å². The molecule has 1 spiro atoms. The number of esters is 1. The fourth-order valence-electron chi connectivity index (χ4n) is 6.40. The largest absolute Gasteiger partial charge is 0.461 e. The number of likely N-dealkylation sites (tertiary alicyclic amines) is 1. The SMILES string of the molecule is C[C@@H]1CCC[C@]2(C)C[C@H]3OC(=O)[C@@H](CN4CCC5(CC4)OCCO5)[C@H]3C=C12. The summed E-state index contributed by atoms with van der Waals surface area (Å²) >= 11 is 0. The summed E-state index contributed by atoms with van der Waals surface area (Å²) < 4.78 is 17.6. The van der Waals surface area contributed by atoms with Crippen molar-refractivity contribution in [3.63, 3.8) is 0 Å². The molecule has 2 aliphatic carbocycles. The molecule has 3 saturated heterocycles. The van der Waals surface area contributed by atoms with Gasteiger partial charge in [0.25, 0.3) is 0 Å². The molecule has 5 aliphatic rings. The molecular weight excluding hydrogens is 342 g/mol. The van der Waals surface area contributed by atoms with E-state index in [1.54, 1.807) is 5.57 Å². The number of carbonyl (C=O) groups excluding carboxylic acids is 1. The van der Waals surface area contributed by atoms with E-state index in [2.05, 4.69) is 24.8 Å². The molecule has 0 aromatic heterocycles. The highest BCUT2D eigenvalue weighted by atomic mass is 16.7. The van der Waals surface area contributed by atoms with Gasteiger partial charge in [-0.3, -0.25) is 4.79 Å². The standard InChI is InChI=1S/C22H33NO4/c1-15-4-3-5-21(2)13-19-16(12-18(15)21)17(20(24)27-19)14-23-8-6-22(7-9-23)25-10-11-26-22/h12,15-17,19H,3-11,13-14H2,1-2H3/t15-,16-,17+,19-,21-/m1/s1. The van der Waals surface area contributed by atoms with Crippen molar-refractivity contribution in [3.05, 3.63) is 11.6 Å². The summed E-state index contributed by atoms with van der Waals surface area (Å²) in [5, 5.41) is 0. The quantitative estimate of drug-likeness (QED) is 0.548. The van der Waals surface area contributed by atoms with Crippen LogP contribution in [0.15, 0.2) is 11.6 Å². The van der Waals surface area contributed by atoms with E-state index in [0.29, 0.717) is 19.1 Å². The molecule has 5 heteroatoms. The molecule has 1 saturated carbocycles. The average Bonchev–Trinajstić information content (AvgIpc) is 3.20. The summed E-state index contributed by atoms with van der Waals surface area (Å²) in [6, 6.07) is 0. The summed E-state index contributed by atoms with van der Waals surface area (Å²) in [7, 11) is 0. The maximum absolute atomic E-state index is 12.7. The Morgan fingerprint density at radius 2 is 1.93 bits per heavy atom. The Labute approximate surface area is 162 Å². The van der Waals surface area contributed by atoms with Crippen LogP contribution in [-0.4, -0.2) is 55.6 Å². The van der Waals surface area contributed by atoms with Gasteiger partial charge in [-0.15, -0.1) is 0 Å². The van der Waals surface area contributed by atoms with Crippen molar-refractivity contribution in [2.45, 2.75) is 64.3 Å². The highest BCUT2D eigenvalue weighted by molar-refractivity contribution is 5.76. The summed E-state index contributed by atoms with van der Waals surface area (Å²) in [4.78, 5) is 15.1. The molecule has 0 bridgehead atoms. The van der Waals surface area contributed by atoms with Crippen LogP contribution in [0.25, 0.3) is 0 Å². The molecular formula is C22H33NO4. The van der Waals surface area contributed by atoms with E-state index in [9.17, 15) is 4.79 Å². The zero-order chi connectivity index (χ0) is 18.6. The van der Waals surface area contributed by atoms with Gasteiger partial charge in [0.2, 0.25) is 0 Å². The molecule has 3 aliphatic heterocycles. The Balaban J connectivity index is 1.30. The van der Waals surface area contributed by atoms with Gasteiger partial charge >= 0.3 is 5.97 Å². The third-order valence-corrected chi connectivity index (χ3v) is 7.97. The van der Waals surface area contributed by atoms with Crippen molar-refractivity contribution < 1.29 is 19.0 Å². The zero-order valence-electron chi connectivity index (χ0n) is 16.7. The van der Waals surface area contributed by atoms with E-state index in [0.717, 1.165) is 38.9 Å². The fraction of sp³-hybridized carbons (Fsp3) is 0.864. The lowest BCUT2D eigenvalue weighted by molar-refractivity contribution is -0.186. The van der Waals surface area contributed by atoms with Crippen LogP contribution in [0.1, 0.15) is 52.4 Å². The van der Waals surface area contributed by atoms with Crippen LogP contribution in [0.5, 0.6) is 0 Å². The van der Waals surface area contributed by atoms with E-state index in [1.807, 2.05) is 0 Å². The number of piperidine rings is 1. The van der Waals surface area contributed by atoms with E-state index in [4.69, 9.17) is 14.2 Å². The Kier molecular flexibility index (Phi) is 4.41. The fourth-order valence-corrected chi connectivity index (χ4v) is 6.40. The number of nitrogens with zero attached hydrogens (tertiary/aromatic N) is 1. The van der Waals surface area contributed by atoms with Crippen LogP contribution < -0.4 is 0 Å². The molecule has 150 valence electrons. The number of rotatable bonds is 2. The molecule has 3 heterocycles. The van der Waals surface area contributed by atoms with E-state index in [1.165, 1.54) is 19.3 Å². The Bertz CT molecular complexity index is 630. The average molecular weight is 376 g/mol. The van der Waals surface area contributed by atoms with Crippen molar-refractivity contribution >= 4 is 5.97 Å². The molecule has 27 heavy (non-hydrogen) atoms. The number of carbonyl (C=O) groups is 1. The van der Waals surface area contributed by atoms with Crippen molar-refractivity contribution in [1.82, 2.24) is 4.90 Å². The number of hydrogen-bond acceptors (Lipinski definition) is 5. The first kappa shape index (κ1) is 18.1. The molecule has 5 rings (SSSR count). The van der Waals surface area contributed by atoms with Crippen LogP contribution in [-0.2, 0) is 19.0 Å². The topological polar surface area (TPSA) is 48.0 Å². The van der Waals surface area contributed by atoms with Crippen LogP contribution in [0.4, 0.5) is 0 Å². The van der Waals surface area contributed by atoms with Crippen LogP contribution in [0.3, 0.4) is 0 Å². The summed E-state index contributed by atoms with van der Waals surface area (Å²) in [6.45, 7) is 8.86. The first-order valence-corrected chi connectivity index (χ1v) is 10.9. The van der Waals surface area contributed by atoms with Crippen LogP contribution in [0, 0.1) is 23.2 Å². The van der Waals surface area contributed by atoms with Gasteiger partial charge in [-0.1, -0.05) is 31.9 Å². The normalized spacial score (nSPS) is 43.9. The minimum atomic E-state index is -0.346. The number of ether oxygens (including phenoxy) is 3. The first-order chi connectivity index (χ1) is 13.0.